The molecule has 9 atom stereocenters. The maximum absolute atomic E-state index is 14.5. The van der Waals surface area contributed by atoms with Crippen LogP contribution >= 0.6 is 0 Å². The van der Waals surface area contributed by atoms with E-state index < -0.39 is 28.1 Å². The SMILES string of the molecule is COC(=O)C[C@]1(C)C(=O)C(C#N)C[C@]2(C)C3=CC(=O)[C@@H]4[C@@H]5CC(C)(C)CC[C@]5(C(=O)OC)CC[C@@]4(C)[C@]3(C)CCC12. The van der Waals surface area contributed by atoms with Crippen molar-refractivity contribution in [2.45, 2.75) is 99.3 Å². The van der Waals surface area contributed by atoms with Gasteiger partial charge in [-0.25, -0.2) is 0 Å². The Hall–Kier alpha value is -2.49. The second-order valence-electron chi connectivity index (χ2n) is 15.7. The van der Waals surface area contributed by atoms with Gasteiger partial charge in [0.15, 0.2) is 11.6 Å². The maximum atomic E-state index is 14.5. The number of hydrogen-bond acceptors (Lipinski definition) is 7. The summed E-state index contributed by atoms with van der Waals surface area (Å²) in [6.07, 6.45) is 7.54. The first kappa shape index (κ1) is 30.0. The summed E-state index contributed by atoms with van der Waals surface area (Å²) in [5.41, 5.74) is -1.98. The summed E-state index contributed by atoms with van der Waals surface area (Å²) in [6, 6.07) is 2.25. The summed E-state index contributed by atoms with van der Waals surface area (Å²) in [4.78, 5) is 54.3. The van der Waals surface area contributed by atoms with Gasteiger partial charge in [-0.15, -0.1) is 0 Å². The molecule has 5 aliphatic carbocycles. The van der Waals surface area contributed by atoms with Gasteiger partial charge in [-0.3, -0.25) is 19.2 Å². The Balaban J connectivity index is 1.66. The van der Waals surface area contributed by atoms with Crippen LogP contribution in [-0.4, -0.2) is 37.7 Å². The predicted octanol–water partition coefficient (Wildman–Crippen LogP) is 6.00. The smallest absolute Gasteiger partial charge is 0.312 e. The molecule has 0 bridgehead atoms. The Labute approximate surface area is 244 Å². The Morgan fingerprint density at radius 2 is 1.61 bits per heavy atom. The fraction of sp³-hybridized carbons (Fsp3) is 0.794. The average Bonchev–Trinajstić information content (AvgIpc) is 2.91. The Bertz CT molecular complexity index is 1280. The van der Waals surface area contributed by atoms with E-state index in [0.717, 1.165) is 44.1 Å². The van der Waals surface area contributed by atoms with Crippen molar-refractivity contribution in [3.63, 3.8) is 0 Å². The highest BCUT2D eigenvalue weighted by Gasteiger charge is 2.72. The van der Waals surface area contributed by atoms with E-state index in [-0.39, 0.29) is 58.0 Å². The van der Waals surface area contributed by atoms with Gasteiger partial charge in [0.2, 0.25) is 0 Å². The third kappa shape index (κ3) is 3.80. The lowest BCUT2D eigenvalue weighted by Gasteiger charge is -2.69. The number of methoxy groups -OCH3 is 2. The van der Waals surface area contributed by atoms with Gasteiger partial charge in [0.25, 0.3) is 0 Å². The molecule has 0 radical (unpaired) electrons. The molecule has 5 rings (SSSR count). The topological polar surface area (TPSA) is 111 Å². The largest absolute Gasteiger partial charge is 0.469 e. The lowest BCUT2D eigenvalue weighted by atomic mass is 9.33. The standard InChI is InChI=1S/C34H47NO6/c1-29(2)11-13-34(28(39)41-8)14-12-33(6)26(21(34)17-29)22(36)15-24-30(3)16-20(19-35)27(38)31(4,18-25(37)40-7)23(30)9-10-32(24,33)5/h15,20-21,23,26H,9-14,16-18H2,1-8H3/t20?,21-,23?,26-,30-,31-,32+,33+,34-/m0/s1. The summed E-state index contributed by atoms with van der Waals surface area (Å²) in [7, 11) is 2.79. The van der Waals surface area contributed by atoms with Crippen molar-refractivity contribution in [2.24, 2.45) is 56.2 Å². The molecular formula is C34H47NO6. The zero-order valence-corrected chi connectivity index (χ0v) is 26.1. The number of hydrogen-bond donors (Lipinski definition) is 0. The molecule has 0 saturated heterocycles. The van der Waals surface area contributed by atoms with Crippen LogP contribution in [0.1, 0.15) is 99.3 Å². The van der Waals surface area contributed by atoms with E-state index in [2.05, 4.69) is 40.7 Å². The zero-order valence-electron chi connectivity index (χ0n) is 26.1. The Kier molecular flexibility index (Phi) is 6.77. The highest BCUT2D eigenvalue weighted by Crippen LogP contribution is 2.75. The number of carbonyl (C=O) groups excluding carboxylic acids is 4. The third-order valence-corrected chi connectivity index (χ3v) is 13.4. The number of fused-ring (bicyclic) bond motifs is 7. The molecule has 41 heavy (non-hydrogen) atoms. The lowest BCUT2D eigenvalue weighted by Crippen LogP contribution is -2.67. The van der Waals surface area contributed by atoms with Crippen LogP contribution in [0.25, 0.3) is 0 Å². The second-order valence-corrected chi connectivity index (χ2v) is 15.7. The Morgan fingerprint density at radius 3 is 2.22 bits per heavy atom. The quantitative estimate of drug-likeness (QED) is 0.386. The number of esters is 2. The zero-order chi connectivity index (χ0) is 30.4. The van der Waals surface area contributed by atoms with Gasteiger partial charge in [0.05, 0.1) is 32.1 Å². The minimum Gasteiger partial charge on any atom is -0.469 e. The van der Waals surface area contributed by atoms with Crippen LogP contribution in [-0.2, 0) is 28.7 Å². The normalized spacial score (nSPS) is 46.5. The molecule has 4 saturated carbocycles. The van der Waals surface area contributed by atoms with Gasteiger partial charge < -0.3 is 9.47 Å². The van der Waals surface area contributed by atoms with E-state index in [4.69, 9.17) is 9.47 Å². The van der Waals surface area contributed by atoms with Gasteiger partial charge >= 0.3 is 11.9 Å². The molecule has 0 spiro atoms. The van der Waals surface area contributed by atoms with Crippen molar-refractivity contribution in [3.8, 4) is 6.07 Å². The molecule has 0 heterocycles. The molecule has 0 amide bonds. The predicted molar refractivity (Wildman–Crippen MR) is 152 cm³/mol. The van der Waals surface area contributed by atoms with Gasteiger partial charge in [-0.2, -0.15) is 5.26 Å². The van der Waals surface area contributed by atoms with Crippen molar-refractivity contribution in [1.82, 2.24) is 0 Å². The van der Waals surface area contributed by atoms with Crippen LogP contribution < -0.4 is 0 Å². The lowest BCUT2D eigenvalue weighted by molar-refractivity contribution is -0.194. The molecule has 0 aromatic rings. The van der Waals surface area contributed by atoms with E-state index in [1.807, 2.05) is 13.0 Å². The van der Waals surface area contributed by atoms with Crippen LogP contribution in [0.5, 0.6) is 0 Å². The van der Waals surface area contributed by atoms with Gasteiger partial charge in [-0.1, -0.05) is 47.1 Å². The molecule has 0 aromatic carbocycles. The van der Waals surface area contributed by atoms with E-state index in [0.29, 0.717) is 12.8 Å². The first-order chi connectivity index (χ1) is 19.0. The Morgan fingerprint density at radius 1 is 0.951 bits per heavy atom. The second kappa shape index (κ2) is 9.25. The number of rotatable bonds is 3. The minimum absolute atomic E-state index is 0.0225. The van der Waals surface area contributed by atoms with Gasteiger partial charge in [0, 0.05) is 11.3 Å². The van der Waals surface area contributed by atoms with Crippen LogP contribution in [0.3, 0.4) is 0 Å². The van der Waals surface area contributed by atoms with E-state index in [9.17, 15) is 24.4 Å². The number of nitriles is 1. The highest BCUT2D eigenvalue weighted by molar-refractivity contribution is 5.97. The number of ketones is 2. The van der Waals surface area contributed by atoms with Gasteiger partial charge in [-0.05, 0) is 90.9 Å². The van der Waals surface area contributed by atoms with E-state index in [1.165, 1.54) is 14.2 Å². The number of Topliss-reactive ketones (excluding diaryl/α,β-unsaturated/α-hetero) is 1. The van der Waals surface area contributed by atoms with Crippen LogP contribution in [0.15, 0.2) is 11.6 Å². The average molecular weight is 566 g/mol. The molecule has 0 aromatic heterocycles. The van der Waals surface area contributed by atoms with Crippen LogP contribution in [0.2, 0.25) is 0 Å². The molecule has 224 valence electrons. The van der Waals surface area contributed by atoms with Crippen molar-refractivity contribution >= 4 is 23.5 Å². The van der Waals surface area contributed by atoms with Crippen LogP contribution in [0.4, 0.5) is 0 Å². The van der Waals surface area contributed by atoms with E-state index >= 15 is 0 Å². The first-order valence-corrected chi connectivity index (χ1v) is 15.4. The fourth-order valence-electron chi connectivity index (χ4n) is 11.1. The number of nitrogens with zero attached hydrogens (tertiary/aromatic N) is 1. The molecule has 7 nitrogen and oxygen atoms in total. The monoisotopic (exact) mass is 565 g/mol. The minimum atomic E-state index is -1.05. The van der Waals surface area contributed by atoms with Gasteiger partial charge in [0.1, 0.15) is 5.92 Å². The number of ether oxygens (including phenoxy) is 2. The van der Waals surface area contributed by atoms with Crippen molar-refractivity contribution < 1.29 is 28.7 Å². The molecule has 2 unspecified atom stereocenters. The summed E-state index contributed by atoms with van der Waals surface area (Å²) < 4.78 is 10.4. The van der Waals surface area contributed by atoms with Crippen LogP contribution in [0, 0.1) is 67.5 Å². The summed E-state index contributed by atoms with van der Waals surface area (Å²) in [5.74, 6) is -2.20. The summed E-state index contributed by atoms with van der Waals surface area (Å²) in [6.45, 7) is 13.0. The maximum Gasteiger partial charge on any atom is 0.312 e. The number of allylic oxidation sites excluding steroid dienone is 2. The highest BCUT2D eigenvalue weighted by atomic mass is 16.5. The van der Waals surface area contributed by atoms with Crippen molar-refractivity contribution in [3.05, 3.63) is 11.6 Å². The van der Waals surface area contributed by atoms with E-state index in [1.54, 1.807) is 0 Å². The molecule has 5 aliphatic rings. The molecule has 0 aliphatic heterocycles. The molecule has 7 heteroatoms. The fourth-order valence-corrected chi connectivity index (χ4v) is 11.1. The summed E-state index contributed by atoms with van der Waals surface area (Å²) >= 11 is 0. The molecule has 4 fully saturated rings. The first-order valence-electron chi connectivity index (χ1n) is 15.4. The molecule has 0 N–H and O–H groups in total. The molecular weight excluding hydrogens is 518 g/mol. The number of carbonyl (C=O) groups is 4. The summed E-state index contributed by atoms with van der Waals surface area (Å²) in [5, 5.41) is 10.1. The van der Waals surface area contributed by atoms with Crippen molar-refractivity contribution in [1.29, 1.82) is 5.26 Å². The third-order valence-electron chi connectivity index (χ3n) is 13.4. The van der Waals surface area contributed by atoms with Crippen molar-refractivity contribution in [2.75, 3.05) is 14.2 Å².